The fraction of sp³-hybridized carbons (Fsp3) is 0.417. The Labute approximate surface area is 101 Å². The zero-order valence-corrected chi connectivity index (χ0v) is 9.89. The summed E-state index contributed by atoms with van der Waals surface area (Å²) >= 11 is 0. The van der Waals surface area contributed by atoms with Gasteiger partial charge in [0.15, 0.2) is 0 Å². The molecule has 0 atom stereocenters. The molecular weight excluding hydrogens is 218 g/mol. The van der Waals surface area contributed by atoms with E-state index < -0.39 is 5.97 Å². The smallest absolute Gasteiger partial charge is 0.337 e. The van der Waals surface area contributed by atoms with Gasteiger partial charge in [0.1, 0.15) is 0 Å². The lowest BCUT2D eigenvalue weighted by Gasteiger charge is -2.33. The largest absolute Gasteiger partial charge is 0.478 e. The van der Waals surface area contributed by atoms with Gasteiger partial charge in [0.25, 0.3) is 0 Å². The van der Waals surface area contributed by atoms with Crippen LogP contribution in [0.1, 0.15) is 10.4 Å². The zero-order valence-electron chi connectivity index (χ0n) is 9.89. The van der Waals surface area contributed by atoms with Gasteiger partial charge in [-0.3, -0.25) is 0 Å². The highest BCUT2D eigenvalue weighted by Gasteiger charge is 2.16. The number of nitrogens with one attached hydrogen (secondary N) is 1. The molecule has 1 aromatic rings. The van der Waals surface area contributed by atoms with Crippen LogP contribution >= 0.6 is 0 Å². The van der Waals surface area contributed by atoms with Crippen LogP contribution in [0.25, 0.3) is 0 Å². The highest BCUT2D eigenvalue weighted by atomic mass is 16.4. The van der Waals surface area contributed by atoms with E-state index >= 15 is 0 Å². The first-order valence-electron chi connectivity index (χ1n) is 5.69. The Bertz CT molecular complexity index is 400. The number of hydrogen-bond acceptors (Lipinski definition) is 4. The van der Waals surface area contributed by atoms with Gasteiger partial charge in [-0.1, -0.05) is 12.1 Å². The fourth-order valence-corrected chi connectivity index (χ4v) is 1.86. The number of para-hydroxylation sites is 1. The lowest BCUT2D eigenvalue weighted by Crippen LogP contribution is -2.47. The molecule has 0 aromatic heterocycles. The van der Waals surface area contributed by atoms with Gasteiger partial charge in [0.2, 0.25) is 0 Å². The second kappa shape index (κ2) is 5.16. The van der Waals surface area contributed by atoms with Crippen molar-refractivity contribution in [1.29, 1.82) is 0 Å². The van der Waals surface area contributed by atoms with E-state index in [-0.39, 0.29) is 0 Å². The zero-order chi connectivity index (χ0) is 12.3. The van der Waals surface area contributed by atoms with E-state index in [4.69, 9.17) is 5.11 Å². The second-order valence-electron chi connectivity index (χ2n) is 4.25. The molecule has 5 nitrogen and oxygen atoms in total. The van der Waals surface area contributed by atoms with E-state index in [0.717, 1.165) is 26.2 Å². The van der Waals surface area contributed by atoms with E-state index in [2.05, 4.69) is 22.4 Å². The van der Waals surface area contributed by atoms with Crippen LogP contribution in [0, 0.1) is 0 Å². The Morgan fingerprint density at radius 3 is 2.53 bits per heavy atom. The molecule has 0 spiro atoms. The number of nitrogens with zero attached hydrogens (tertiary/aromatic N) is 2. The van der Waals surface area contributed by atoms with Gasteiger partial charge in [-0.15, -0.1) is 0 Å². The first-order chi connectivity index (χ1) is 8.16. The number of carboxylic acid groups (broad SMARTS) is 1. The van der Waals surface area contributed by atoms with Gasteiger partial charge in [-0.2, -0.15) is 0 Å². The Balaban J connectivity index is 2.05. The normalized spacial score (nSPS) is 17.9. The average Bonchev–Trinajstić information content (AvgIpc) is 2.32. The first-order valence-corrected chi connectivity index (χ1v) is 5.69. The van der Waals surface area contributed by atoms with Crippen LogP contribution in [0.15, 0.2) is 24.3 Å². The number of anilines is 1. The number of rotatable bonds is 3. The van der Waals surface area contributed by atoms with Gasteiger partial charge in [0.05, 0.1) is 11.3 Å². The number of likely N-dealkylation sites (N-methyl/N-ethyl adjacent to an activating group) is 1. The van der Waals surface area contributed by atoms with Crippen molar-refractivity contribution in [3.8, 4) is 0 Å². The van der Waals surface area contributed by atoms with Crippen molar-refractivity contribution in [3.63, 3.8) is 0 Å². The number of carboxylic acids is 1. The molecule has 1 aromatic carbocycles. The molecule has 5 heteroatoms. The lowest BCUT2D eigenvalue weighted by molar-refractivity contribution is 0.0697. The topological polar surface area (TPSA) is 55.8 Å². The molecule has 1 saturated heterocycles. The Kier molecular flexibility index (Phi) is 3.61. The molecule has 1 heterocycles. The Morgan fingerprint density at radius 2 is 1.88 bits per heavy atom. The minimum atomic E-state index is -0.901. The maximum absolute atomic E-state index is 11.0. The SMILES string of the molecule is CN1CCN(Nc2ccccc2C(=O)O)CC1. The summed E-state index contributed by atoms with van der Waals surface area (Å²) in [5, 5.41) is 11.1. The number of aromatic carboxylic acids is 1. The number of hydrazine groups is 1. The van der Waals surface area contributed by atoms with Crippen molar-refractivity contribution in [1.82, 2.24) is 9.91 Å². The maximum Gasteiger partial charge on any atom is 0.337 e. The number of piperazine rings is 1. The summed E-state index contributed by atoms with van der Waals surface area (Å²) in [5.74, 6) is -0.901. The van der Waals surface area contributed by atoms with Gasteiger partial charge in [-0.25, -0.2) is 9.80 Å². The van der Waals surface area contributed by atoms with Crippen LogP contribution < -0.4 is 5.43 Å². The number of benzene rings is 1. The molecule has 1 fully saturated rings. The van der Waals surface area contributed by atoms with E-state index in [1.165, 1.54) is 0 Å². The van der Waals surface area contributed by atoms with Gasteiger partial charge in [0, 0.05) is 26.2 Å². The van der Waals surface area contributed by atoms with Crippen molar-refractivity contribution in [2.75, 3.05) is 38.7 Å². The van der Waals surface area contributed by atoms with Crippen LogP contribution in [0.3, 0.4) is 0 Å². The van der Waals surface area contributed by atoms with E-state index in [9.17, 15) is 4.79 Å². The summed E-state index contributed by atoms with van der Waals surface area (Å²) in [4.78, 5) is 13.3. The third kappa shape index (κ3) is 2.95. The molecule has 0 radical (unpaired) electrons. The molecule has 0 amide bonds. The third-order valence-corrected chi connectivity index (χ3v) is 2.94. The summed E-state index contributed by atoms with van der Waals surface area (Å²) in [6.07, 6.45) is 0. The lowest BCUT2D eigenvalue weighted by atomic mass is 10.2. The third-order valence-electron chi connectivity index (χ3n) is 2.94. The fourth-order valence-electron chi connectivity index (χ4n) is 1.86. The quantitative estimate of drug-likeness (QED) is 0.817. The molecule has 0 unspecified atom stereocenters. The van der Waals surface area contributed by atoms with Gasteiger partial charge in [-0.05, 0) is 19.2 Å². The van der Waals surface area contributed by atoms with Gasteiger partial charge >= 0.3 is 5.97 Å². The molecule has 2 rings (SSSR count). The summed E-state index contributed by atoms with van der Waals surface area (Å²) in [7, 11) is 2.09. The molecule has 0 saturated carbocycles. The summed E-state index contributed by atoms with van der Waals surface area (Å²) in [5.41, 5.74) is 4.15. The Morgan fingerprint density at radius 1 is 1.24 bits per heavy atom. The molecule has 0 bridgehead atoms. The predicted octanol–water partition coefficient (Wildman–Crippen LogP) is 0.959. The van der Waals surface area contributed by atoms with Gasteiger partial charge < -0.3 is 15.4 Å². The number of carbonyl (C=O) groups is 1. The summed E-state index contributed by atoms with van der Waals surface area (Å²) < 4.78 is 0. The van der Waals surface area contributed by atoms with Crippen LogP contribution in [-0.2, 0) is 0 Å². The van der Waals surface area contributed by atoms with Crippen molar-refractivity contribution in [2.45, 2.75) is 0 Å². The highest BCUT2D eigenvalue weighted by molar-refractivity contribution is 5.94. The summed E-state index contributed by atoms with van der Waals surface area (Å²) in [6.45, 7) is 3.76. The van der Waals surface area contributed by atoms with Crippen LogP contribution in [0.5, 0.6) is 0 Å². The molecular formula is C12H17N3O2. The standard InChI is InChI=1S/C12H17N3O2/c1-14-6-8-15(9-7-14)13-11-5-3-2-4-10(11)12(16)17/h2-5,13H,6-9H2,1H3,(H,16,17). The minimum absolute atomic E-state index is 0.312. The molecule has 1 aliphatic rings. The second-order valence-corrected chi connectivity index (χ2v) is 4.25. The molecule has 0 aliphatic carbocycles. The van der Waals surface area contributed by atoms with E-state index in [1.807, 2.05) is 6.07 Å². The average molecular weight is 235 g/mol. The summed E-state index contributed by atoms with van der Waals surface area (Å²) in [6, 6.07) is 6.98. The molecule has 2 N–H and O–H groups in total. The van der Waals surface area contributed by atoms with Crippen LogP contribution in [0.4, 0.5) is 5.69 Å². The minimum Gasteiger partial charge on any atom is -0.478 e. The van der Waals surface area contributed by atoms with Crippen LogP contribution in [0.2, 0.25) is 0 Å². The number of hydrogen-bond donors (Lipinski definition) is 2. The first kappa shape index (κ1) is 11.9. The molecule has 17 heavy (non-hydrogen) atoms. The van der Waals surface area contributed by atoms with Crippen LogP contribution in [-0.4, -0.2) is 54.2 Å². The Hall–Kier alpha value is -1.59. The maximum atomic E-state index is 11.0. The van der Waals surface area contributed by atoms with Crippen molar-refractivity contribution in [3.05, 3.63) is 29.8 Å². The molecule has 92 valence electrons. The monoisotopic (exact) mass is 235 g/mol. The van der Waals surface area contributed by atoms with Crippen molar-refractivity contribution >= 4 is 11.7 Å². The highest BCUT2D eigenvalue weighted by Crippen LogP contribution is 2.16. The van der Waals surface area contributed by atoms with Crippen molar-refractivity contribution < 1.29 is 9.90 Å². The predicted molar refractivity (Wildman–Crippen MR) is 66.1 cm³/mol. The van der Waals surface area contributed by atoms with E-state index in [0.29, 0.717) is 11.3 Å². The van der Waals surface area contributed by atoms with Crippen molar-refractivity contribution in [2.24, 2.45) is 0 Å². The molecule has 1 aliphatic heterocycles. The van der Waals surface area contributed by atoms with E-state index in [1.54, 1.807) is 18.2 Å².